The van der Waals surface area contributed by atoms with Crippen LogP contribution in [-0.4, -0.2) is 43.8 Å². The van der Waals surface area contributed by atoms with Gasteiger partial charge in [0.05, 0.1) is 10.6 Å². The Balaban J connectivity index is 1.73. The number of nitrogens with zero attached hydrogens (tertiary/aromatic N) is 2. The van der Waals surface area contributed by atoms with E-state index in [-0.39, 0.29) is 29.1 Å². The molecule has 42 heavy (non-hydrogen) atoms. The first kappa shape index (κ1) is 32.1. The Labute approximate surface area is 262 Å². The molecule has 0 aromatic heterocycles. The maximum atomic E-state index is 14.2. The molecule has 1 N–H and O–H groups in total. The predicted octanol–water partition coefficient (Wildman–Crippen LogP) is 7.02. The summed E-state index contributed by atoms with van der Waals surface area (Å²) in [4.78, 5) is 29.2. The Hall–Kier alpha value is -2.78. The van der Waals surface area contributed by atoms with Crippen LogP contribution in [0.25, 0.3) is 0 Å². The molecule has 4 rings (SSSR count). The second kappa shape index (κ2) is 14.1. The topological polar surface area (TPSA) is 86.8 Å². The highest BCUT2D eigenvalue weighted by atomic mass is 35.5. The van der Waals surface area contributed by atoms with Gasteiger partial charge in [0.2, 0.25) is 11.8 Å². The van der Waals surface area contributed by atoms with Gasteiger partial charge in [-0.3, -0.25) is 13.9 Å². The van der Waals surface area contributed by atoms with Gasteiger partial charge in [-0.25, -0.2) is 8.42 Å². The van der Waals surface area contributed by atoms with Crippen molar-refractivity contribution in [3.8, 4) is 0 Å². The molecule has 3 aromatic carbocycles. The molecule has 2 amide bonds. The maximum Gasteiger partial charge on any atom is 0.264 e. The van der Waals surface area contributed by atoms with Gasteiger partial charge in [0.15, 0.2) is 0 Å². The molecule has 0 saturated heterocycles. The van der Waals surface area contributed by atoms with Crippen LogP contribution in [0.3, 0.4) is 0 Å². The zero-order valence-corrected chi connectivity index (χ0v) is 26.6. The summed E-state index contributed by atoms with van der Waals surface area (Å²) in [5.41, 5.74) is 1.70. The average Bonchev–Trinajstić information content (AvgIpc) is 3.45. The number of benzene rings is 3. The van der Waals surface area contributed by atoms with E-state index in [2.05, 4.69) is 5.32 Å². The van der Waals surface area contributed by atoms with Crippen molar-refractivity contribution in [3.05, 3.63) is 92.9 Å². The number of carbonyl (C=O) groups excluding carboxylic acids is 2. The molecule has 11 heteroatoms. The smallest absolute Gasteiger partial charge is 0.264 e. The van der Waals surface area contributed by atoms with E-state index >= 15 is 0 Å². The lowest BCUT2D eigenvalue weighted by Crippen LogP contribution is -2.53. The minimum atomic E-state index is -4.19. The summed E-state index contributed by atoms with van der Waals surface area (Å²) >= 11 is 18.8. The zero-order valence-electron chi connectivity index (χ0n) is 23.5. The number of rotatable bonds is 11. The first-order chi connectivity index (χ1) is 20.0. The van der Waals surface area contributed by atoms with Crippen LogP contribution >= 0.6 is 34.8 Å². The van der Waals surface area contributed by atoms with E-state index in [1.54, 1.807) is 48.5 Å². The van der Waals surface area contributed by atoms with Crippen LogP contribution in [-0.2, 0) is 26.2 Å². The van der Waals surface area contributed by atoms with Crippen molar-refractivity contribution in [1.82, 2.24) is 10.2 Å². The highest BCUT2D eigenvalue weighted by Gasteiger charge is 2.35. The minimum absolute atomic E-state index is 0.0145. The Kier molecular flexibility index (Phi) is 10.8. The van der Waals surface area contributed by atoms with Crippen LogP contribution in [0.5, 0.6) is 0 Å². The van der Waals surface area contributed by atoms with E-state index in [0.717, 1.165) is 35.6 Å². The zero-order chi connectivity index (χ0) is 30.4. The summed E-state index contributed by atoms with van der Waals surface area (Å²) in [5, 5.41) is 4.18. The van der Waals surface area contributed by atoms with Crippen molar-refractivity contribution in [2.24, 2.45) is 0 Å². The van der Waals surface area contributed by atoms with Crippen molar-refractivity contribution in [3.63, 3.8) is 0 Å². The lowest BCUT2D eigenvalue weighted by atomic mass is 10.1. The molecule has 0 spiro atoms. The van der Waals surface area contributed by atoms with E-state index < -0.39 is 28.5 Å². The third kappa shape index (κ3) is 7.78. The van der Waals surface area contributed by atoms with Gasteiger partial charge in [-0.1, -0.05) is 84.4 Å². The van der Waals surface area contributed by atoms with Gasteiger partial charge in [0.25, 0.3) is 10.0 Å². The van der Waals surface area contributed by atoms with Crippen molar-refractivity contribution in [1.29, 1.82) is 0 Å². The van der Waals surface area contributed by atoms with E-state index in [1.807, 2.05) is 13.8 Å². The summed E-state index contributed by atoms with van der Waals surface area (Å²) in [7, 11) is -4.19. The molecular weight excluding hydrogens is 617 g/mol. The second-order valence-corrected chi connectivity index (χ2v) is 13.6. The van der Waals surface area contributed by atoms with E-state index in [1.165, 1.54) is 23.1 Å². The molecule has 224 valence electrons. The van der Waals surface area contributed by atoms with Crippen molar-refractivity contribution in [2.75, 3.05) is 10.8 Å². The largest absolute Gasteiger partial charge is 0.352 e. The molecule has 0 radical (unpaired) electrons. The molecule has 0 bridgehead atoms. The van der Waals surface area contributed by atoms with Crippen LogP contribution in [0.2, 0.25) is 15.1 Å². The maximum absolute atomic E-state index is 14.2. The molecule has 0 aliphatic heterocycles. The van der Waals surface area contributed by atoms with Crippen molar-refractivity contribution < 1.29 is 18.0 Å². The molecule has 1 saturated carbocycles. The first-order valence-corrected chi connectivity index (χ1v) is 16.5. The molecule has 3 aromatic rings. The highest BCUT2D eigenvalue weighted by molar-refractivity contribution is 7.92. The fraction of sp³-hybridized carbons (Fsp3) is 0.355. The number of amides is 2. The minimum Gasteiger partial charge on any atom is -0.352 e. The van der Waals surface area contributed by atoms with Gasteiger partial charge >= 0.3 is 0 Å². The average molecular weight is 651 g/mol. The summed E-state index contributed by atoms with van der Waals surface area (Å²) in [6.07, 6.45) is 4.16. The number of anilines is 1. The van der Waals surface area contributed by atoms with Crippen molar-refractivity contribution >= 4 is 62.3 Å². The number of hydrogen-bond donors (Lipinski definition) is 1. The number of hydrogen-bond acceptors (Lipinski definition) is 4. The molecule has 0 heterocycles. The van der Waals surface area contributed by atoms with Gasteiger partial charge in [0, 0.05) is 27.7 Å². The van der Waals surface area contributed by atoms with Crippen LogP contribution in [0, 0.1) is 6.92 Å². The molecular formula is C31H34Cl3N3O4S. The second-order valence-electron chi connectivity index (χ2n) is 10.5. The normalized spacial score (nSPS) is 14.4. The Morgan fingerprint density at radius 2 is 1.62 bits per heavy atom. The molecule has 1 aliphatic rings. The lowest BCUT2D eigenvalue weighted by molar-refractivity contribution is -0.140. The van der Waals surface area contributed by atoms with Crippen molar-refractivity contribution in [2.45, 2.75) is 69.5 Å². The van der Waals surface area contributed by atoms with Crippen LogP contribution in [0.1, 0.15) is 50.2 Å². The fourth-order valence-corrected chi connectivity index (χ4v) is 7.18. The van der Waals surface area contributed by atoms with Gasteiger partial charge in [-0.05, 0) is 74.2 Å². The lowest BCUT2D eigenvalue weighted by Gasteiger charge is -2.34. The highest BCUT2D eigenvalue weighted by Crippen LogP contribution is 2.29. The third-order valence-corrected chi connectivity index (χ3v) is 10.0. The quantitative estimate of drug-likeness (QED) is 0.242. The standard InChI is InChI=1S/C31H34Cl3N3O4S/c1-3-29(31(39)35-25-8-4-5-9-25)36(19-22-13-14-24(33)18-28(22)34)30(38)20-37(26-10-6-7-23(32)17-26)42(40,41)27-15-11-21(2)12-16-27/h6-7,10-18,25,29H,3-5,8-9,19-20H2,1-2H3,(H,35,39). The molecule has 1 unspecified atom stereocenters. The summed E-state index contributed by atoms with van der Waals surface area (Å²) in [6.45, 7) is 3.10. The summed E-state index contributed by atoms with van der Waals surface area (Å²) in [6, 6.07) is 16.8. The third-order valence-electron chi connectivity index (χ3n) is 7.43. The van der Waals surface area contributed by atoms with Crippen LogP contribution in [0.4, 0.5) is 5.69 Å². The number of aryl methyl sites for hydroxylation is 1. The first-order valence-electron chi connectivity index (χ1n) is 13.9. The van der Waals surface area contributed by atoms with Gasteiger partial charge in [-0.2, -0.15) is 0 Å². The summed E-state index contributed by atoms with van der Waals surface area (Å²) < 4.78 is 29.0. The monoisotopic (exact) mass is 649 g/mol. The molecule has 1 atom stereocenters. The van der Waals surface area contributed by atoms with E-state index in [0.29, 0.717) is 27.1 Å². The Morgan fingerprint density at radius 3 is 2.24 bits per heavy atom. The SMILES string of the molecule is CCC(C(=O)NC1CCCC1)N(Cc1ccc(Cl)cc1Cl)C(=O)CN(c1cccc(Cl)c1)S(=O)(=O)c1ccc(C)cc1. The predicted molar refractivity (Wildman–Crippen MR) is 169 cm³/mol. The van der Waals surface area contributed by atoms with Gasteiger partial charge < -0.3 is 10.2 Å². The van der Waals surface area contributed by atoms with Crippen LogP contribution < -0.4 is 9.62 Å². The number of carbonyl (C=O) groups is 2. The molecule has 7 nitrogen and oxygen atoms in total. The summed E-state index contributed by atoms with van der Waals surface area (Å²) in [5.74, 6) is -0.844. The van der Waals surface area contributed by atoms with Gasteiger partial charge in [-0.15, -0.1) is 0 Å². The van der Waals surface area contributed by atoms with Crippen LogP contribution in [0.15, 0.2) is 71.6 Å². The Bertz CT molecular complexity index is 1530. The molecule has 1 aliphatic carbocycles. The van der Waals surface area contributed by atoms with E-state index in [4.69, 9.17) is 34.8 Å². The number of halogens is 3. The number of nitrogens with one attached hydrogen (secondary N) is 1. The molecule has 1 fully saturated rings. The van der Waals surface area contributed by atoms with Gasteiger partial charge in [0.1, 0.15) is 12.6 Å². The number of sulfonamides is 1. The fourth-order valence-electron chi connectivity index (χ4n) is 5.12. The van der Waals surface area contributed by atoms with E-state index in [9.17, 15) is 18.0 Å². The Morgan fingerprint density at radius 1 is 0.952 bits per heavy atom.